The molecule has 13 heavy (non-hydrogen) atoms. The fraction of sp³-hybridized carbons (Fsp3) is 0.500. The van der Waals surface area contributed by atoms with Gasteiger partial charge in [0.25, 0.3) is 0 Å². The van der Waals surface area contributed by atoms with E-state index in [4.69, 9.17) is 0 Å². The standard InChI is InChI=1S/C12H15N/c1-8-2-3-11-10(6-8)7-9-4-5-13-12(9)11/h2-3,6,9,12-13H,4-5,7H2,1H3. The molecule has 0 bridgehead atoms. The van der Waals surface area contributed by atoms with Gasteiger partial charge >= 0.3 is 0 Å². The van der Waals surface area contributed by atoms with E-state index in [1.807, 2.05) is 0 Å². The Kier molecular flexibility index (Phi) is 1.50. The van der Waals surface area contributed by atoms with E-state index in [1.54, 1.807) is 11.1 Å². The molecule has 0 aromatic heterocycles. The highest BCUT2D eigenvalue weighted by molar-refractivity contribution is 5.39. The summed E-state index contributed by atoms with van der Waals surface area (Å²) in [5.74, 6) is 0.886. The zero-order valence-electron chi connectivity index (χ0n) is 8.01. The van der Waals surface area contributed by atoms with E-state index in [2.05, 4.69) is 30.4 Å². The molecule has 1 nitrogen and oxygen atoms in total. The molecule has 68 valence electrons. The lowest BCUT2D eigenvalue weighted by Crippen LogP contribution is -2.13. The van der Waals surface area contributed by atoms with Gasteiger partial charge in [-0.3, -0.25) is 0 Å². The van der Waals surface area contributed by atoms with Crippen LogP contribution in [0.4, 0.5) is 0 Å². The van der Waals surface area contributed by atoms with E-state index in [9.17, 15) is 0 Å². The summed E-state index contributed by atoms with van der Waals surface area (Å²) in [6.45, 7) is 3.39. The molecule has 1 N–H and O–H groups in total. The average molecular weight is 173 g/mol. The molecule has 0 spiro atoms. The van der Waals surface area contributed by atoms with Crippen LogP contribution in [-0.2, 0) is 6.42 Å². The first-order chi connectivity index (χ1) is 6.34. The number of nitrogens with one attached hydrogen (secondary N) is 1. The van der Waals surface area contributed by atoms with Crippen LogP contribution in [0.25, 0.3) is 0 Å². The normalized spacial score (nSPS) is 30.2. The molecule has 2 aliphatic rings. The SMILES string of the molecule is Cc1ccc2c(c1)CC1CCNC21. The molecule has 0 radical (unpaired) electrons. The Labute approximate surface area is 79.2 Å². The maximum absolute atomic E-state index is 3.59. The highest BCUT2D eigenvalue weighted by Gasteiger charge is 2.35. The number of aryl methyl sites for hydroxylation is 1. The predicted octanol–water partition coefficient (Wildman–Crippen LogP) is 2.20. The zero-order valence-corrected chi connectivity index (χ0v) is 8.01. The van der Waals surface area contributed by atoms with Gasteiger partial charge in [0.1, 0.15) is 0 Å². The molecule has 3 rings (SSSR count). The third-order valence-corrected chi connectivity index (χ3v) is 3.47. The van der Waals surface area contributed by atoms with Crippen LogP contribution in [0.3, 0.4) is 0 Å². The van der Waals surface area contributed by atoms with Gasteiger partial charge in [-0.1, -0.05) is 23.8 Å². The summed E-state index contributed by atoms with van der Waals surface area (Å²) in [7, 11) is 0. The van der Waals surface area contributed by atoms with Gasteiger partial charge in [-0.2, -0.15) is 0 Å². The summed E-state index contributed by atoms with van der Waals surface area (Å²) in [4.78, 5) is 0. The molecule has 2 unspecified atom stereocenters. The molecule has 1 aliphatic heterocycles. The van der Waals surface area contributed by atoms with Gasteiger partial charge < -0.3 is 5.32 Å². The maximum Gasteiger partial charge on any atom is 0.0355 e. The second kappa shape index (κ2) is 2.58. The van der Waals surface area contributed by atoms with Crippen LogP contribution in [0.15, 0.2) is 18.2 Å². The lowest BCUT2D eigenvalue weighted by molar-refractivity contribution is 0.504. The van der Waals surface area contributed by atoms with Gasteiger partial charge in [-0.25, -0.2) is 0 Å². The monoisotopic (exact) mass is 173 g/mol. The molecule has 1 fully saturated rings. The van der Waals surface area contributed by atoms with Gasteiger partial charge in [0.05, 0.1) is 0 Å². The molecule has 1 aromatic carbocycles. The minimum Gasteiger partial charge on any atom is -0.310 e. The predicted molar refractivity (Wildman–Crippen MR) is 53.7 cm³/mol. The van der Waals surface area contributed by atoms with Crippen LogP contribution in [0.1, 0.15) is 29.2 Å². The Morgan fingerprint density at radius 3 is 3.23 bits per heavy atom. The van der Waals surface area contributed by atoms with Crippen molar-refractivity contribution in [2.24, 2.45) is 5.92 Å². The Morgan fingerprint density at radius 1 is 1.38 bits per heavy atom. The molecule has 0 saturated carbocycles. The molecule has 0 amide bonds. The van der Waals surface area contributed by atoms with Crippen LogP contribution in [0.5, 0.6) is 0 Å². The number of hydrogen-bond donors (Lipinski definition) is 1. The summed E-state index contributed by atoms with van der Waals surface area (Å²) in [6, 6.07) is 7.58. The van der Waals surface area contributed by atoms with E-state index in [0.717, 1.165) is 5.92 Å². The Morgan fingerprint density at radius 2 is 2.31 bits per heavy atom. The minimum absolute atomic E-state index is 0.676. The van der Waals surface area contributed by atoms with Crippen LogP contribution in [0, 0.1) is 12.8 Å². The third-order valence-electron chi connectivity index (χ3n) is 3.47. The first-order valence-electron chi connectivity index (χ1n) is 5.17. The molecular formula is C12H15N. The van der Waals surface area contributed by atoms with Crippen molar-refractivity contribution >= 4 is 0 Å². The average Bonchev–Trinajstić information content (AvgIpc) is 2.62. The van der Waals surface area contributed by atoms with E-state index in [0.29, 0.717) is 6.04 Å². The van der Waals surface area contributed by atoms with E-state index >= 15 is 0 Å². The fourth-order valence-electron chi connectivity index (χ4n) is 2.84. The highest BCUT2D eigenvalue weighted by Crippen LogP contribution is 2.41. The van der Waals surface area contributed by atoms with E-state index in [-0.39, 0.29) is 0 Å². The van der Waals surface area contributed by atoms with Crippen molar-refractivity contribution in [3.05, 3.63) is 34.9 Å². The molecule has 1 aromatic rings. The molecule has 1 heteroatoms. The summed E-state index contributed by atoms with van der Waals surface area (Å²) in [5, 5.41) is 3.59. The minimum atomic E-state index is 0.676. The highest BCUT2D eigenvalue weighted by atomic mass is 15.0. The number of benzene rings is 1. The Bertz CT molecular complexity index is 343. The second-order valence-electron chi connectivity index (χ2n) is 4.39. The van der Waals surface area contributed by atoms with Crippen LogP contribution in [0.2, 0.25) is 0 Å². The largest absolute Gasteiger partial charge is 0.310 e. The van der Waals surface area contributed by atoms with Crippen molar-refractivity contribution in [3.63, 3.8) is 0 Å². The molecule has 2 atom stereocenters. The van der Waals surface area contributed by atoms with Crippen molar-refractivity contribution in [1.82, 2.24) is 5.32 Å². The lowest BCUT2D eigenvalue weighted by atomic mass is 10.0. The van der Waals surface area contributed by atoms with Crippen LogP contribution in [-0.4, -0.2) is 6.54 Å². The summed E-state index contributed by atoms with van der Waals surface area (Å²) < 4.78 is 0. The summed E-state index contributed by atoms with van der Waals surface area (Å²) in [5.41, 5.74) is 4.55. The molecular weight excluding hydrogens is 158 g/mol. The quantitative estimate of drug-likeness (QED) is 0.634. The van der Waals surface area contributed by atoms with E-state index in [1.165, 1.54) is 24.9 Å². The summed E-state index contributed by atoms with van der Waals surface area (Å²) >= 11 is 0. The number of hydrogen-bond acceptors (Lipinski definition) is 1. The fourth-order valence-corrected chi connectivity index (χ4v) is 2.84. The maximum atomic E-state index is 3.59. The second-order valence-corrected chi connectivity index (χ2v) is 4.39. The Balaban J connectivity index is 2.08. The van der Waals surface area contributed by atoms with Crippen molar-refractivity contribution in [3.8, 4) is 0 Å². The lowest BCUT2D eigenvalue weighted by Gasteiger charge is -2.09. The van der Waals surface area contributed by atoms with Crippen molar-refractivity contribution in [2.45, 2.75) is 25.8 Å². The van der Waals surface area contributed by atoms with E-state index < -0.39 is 0 Å². The third kappa shape index (κ3) is 1.03. The van der Waals surface area contributed by atoms with Gasteiger partial charge in [0.2, 0.25) is 0 Å². The van der Waals surface area contributed by atoms with Gasteiger partial charge in [-0.15, -0.1) is 0 Å². The smallest absolute Gasteiger partial charge is 0.0355 e. The van der Waals surface area contributed by atoms with Crippen molar-refractivity contribution in [2.75, 3.05) is 6.54 Å². The Hall–Kier alpha value is -0.820. The van der Waals surface area contributed by atoms with Crippen LogP contribution >= 0.6 is 0 Å². The van der Waals surface area contributed by atoms with Gasteiger partial charge in [-0.05, 0) is 43.4 Å². The van der Waals surface area contributed by atoms with Crippen LogP contribution < -0.4 is 5.32 Å². The zero-order chi connectivity index (χ0) is 8.84. The molecule has 1 aliphatic carbocycles. The van der Waals surface area contributed by atoms with Gasteiger partial charge in [0.15, 0.2) is 0 Å². The molecule has 1 heterocycles. The number of rotatable bonds is 0. The molecule has 1 saturated heterocycles. The first kappa shape index (κ1) is 7.57. The summed E-state index contributed by atoms with van der Waals surface area (Å²) in [6.07, 6.45) is 2.66. The van der Waals surface area contributed by atoms with Crippen molar-refractivity contribution < 1.29 is 0 Å². The van der Waals surface area contributed by atoms with Gasteiger partial charge in [0, 0.05) is 6.04 Å². The topological polar surface area (TPSA) is 12.0 Å². The number of fused-ring (bicyclic) bond motifs is 3. The first-order valence-corrected chi connectivity index (χ1v) is 5.17. The van der Waals surface area contributed by atoms with Crippen molar-refractivity contribution in [1.29, 1.82) is 0 Å².